The number of benzene rings is 1. The third-order valence-corrected chi connectivity index (χ3v) is 2.96. The summed E-state index contributed by atoms with van der Waals surface area (Å²) in [5.41, 5.74) is 1.29. The summed E-state index contributed by atoms with van der Waals surface area (Å²) >= 11 is 0. The minimum Gasteiger partial charge on any atom is -0.314 e. The first-order valence-electron chi connectivity index (χ1n) is 5.69. The van der Waals surface area contributed by atoms with Gasteiger partial charge in [0, 0.05) is 18.0 Å². The molecule has 0 radical (unpaired) electrons. The van der Waals surface area contributed by atoms with Crippen molar-refractivity contribution in [2.45, 2.75) is 32.2 Å². The summed E-state index contributed by atoms with van der Waals surface area (Å²) in [6.45, 7) is 2.79. The summed E-state index contributed by atoms with van der Waals surface area (Å²) in [5, 5.41) is 3.27. The molecule has 0 spiro atoms. The predicted octanol–water partition coefficient (Wildman–Crippen LogP) is 2.46. The van der Waals surface area contributed by atoms with Crippen molar-refractivity contribution in [2.24, 2.45) is 0 Å². The van der Waals surface area contributed by atoms with Gasteiger partial charge in [-0.05, 0) is 50.1 Å². The minimum atomic E-state index is -0.331. The van der Waals surface area contributed by atoms with Gasteiger partial charge in [0.1, 0.15) is 5.82 Å². The van der Waals surface area contributed by atoms with Crippen molar-refractivity contribution >= 4 is 5.78 Å². The van der Waals surface area contributed by atoms with Gasteiger partial charge in [-0.25, -0.2) is 4.39 Å². The van der Waals surface area contributed by atoms with Crippen LogP contribution in [0.3, 0.4) is 0 Å². The van der Waals surface area contributed by atoms with Crippen LogP contribution in [0.4, 0.5) is 4.39 Å². The first-order valence-corrected chi connectivity index (χ1v) is 5.69. The number of halogens is 1. The maximum atomic E-state index is 13.1. The summed E-state index contributed by atoms with van der Waals surface area (Å²) in [6.07, 6.45) is 2.64. The van der Waals surface area contributed by atoms with E-state index in [-0.39, 0.29) is 17.6 Å². The maximum Gasteiger partial charge on any atom is 0.164 e. The molecule has 2 rings (SSSR count). The van der Waals surface area contributed by atoms with Gasteiger partial charge in [-0.3, -0.25) is 4.79 Å². The molecule has 0 bridgehead atoms. The van der Waals surface area contributed by atoms with Crippen LogP contribution in [0.1, 0.15) is 35.2 Å². The van der Waals surface area contributed by atoms with Crippen molar-refractivity contribution in [3.05, 3.63) is 35.1 Å². The summed E-state index contributed by atoms with van der Waals surface area (Å²) in [5.74, 6) is -0.301. The Morgan fingerprint density at radius 1 is 1.50 bits per heavy atom. The van der Waals surface area contributed by atoms with E-state index >= 15 is 0 Å². The summed E-state index contributed by atoms with van der Waals surface area (Å²) in [6, 6.07) is 4.78. The van der Waals surface area contributed by atoms with E-state index in [4.69, 9.17) is 0 Å². The van der Waals surface area contributed by atoms with Crippen molar-refractivity contribution in [3.8, 4) is 0 Å². The molecule has 1 N–H and O–H groups in total. The summed E-state index contributed by atoms with van der Waals surface area (Å²) in [4.78, 5) is 11.9. The van der Waals surface area contributed by atoms with Crippen molar-refractivity contribution < 1.29 is 9.18 Å². The van der Waals surface area contributed by atoms with Crippen molar-refractivity contribution in [3.63, 3.8) is 0 Å². The molecule has 3 heteroatoms. The molecule has 1 fully saturated rings. The minimum absolute atomic E-state index is 0.0296. The van der Waals surface area contributed by atoms with Gasteiger partial charge in [0.2, 0.25) is 0 Å². The molecule has 0 amide bonds. The molecule has 1 unspecified atom stereocenters. The number of aryl methyl sites for hydroxylation is 1. The molecule has 1 heterocycles. The lowest BCUT2D eigenvalue weighted by molar-refractivity contribution is 0.0971. The Kier molecular flexibility index (Phi) is 3.34. The highest BCUT2D eigenvalue weighted by Gasteiger charge is 2.18. The van der Waals surface area contributed by atoms with Crippen LogP contribution in [0.15, 0.2) is 18.2 Å². The van der Waals surface area contributed by atoms with E-state index in [1.54, 1.807) is 13.0 Å². The number of rotatable bonds is 3. The molecular formula is C13H16FNO. The Bertz CT molecular complexity index is 377. The SMILES string of the molecule is Cc1cc(F)cc(C(=O)CC2CCCN2)c1. The number of nitrogens with one attached hydrogen (secondary N) is 1. The lowest BCUT2D eigenvalue weighted by atomic mass is 10.0. The molecule has 0 saturated carbocycles. The maximum absolute atomic E-state index is 13.1. The number of Topliss-reactive ketones (excluding diaryl/α,β-unsaturated/α-hetero) is 1. The van der Waals surface area contributed by atoms with E-state index in [1.165, 1.54) is 12.1 Å². The molecule has 0 aromatic heterocycles. The molecular weight excluding hydrogens is 205 g/mol. The van der Waals surface area contributed by atoms with Crippen LogP contribution in [-0.4, -0.2) is 18.4 Å². The Labute approximate surface area is 94.9 Å². The van der Waals surface area contributed by atoms with Gasteiger partial charge < -0.3 is 5.32 Å². The van der Waals surface area contributed by atoms with Crippen molar-refractivity contribution in [1.29, 1.82) is 0 Å². The van der Waals surface area contributed by atoms with Crippen LogP contribution in [0.2, 0.25) is 0 Å². The second-order valence-corrected chi connectivity index (χ2v) is 4.44. The van der Waals surface area contributed by atoms with Gasteiger partial charge in [0.25, 0.3) is 0 Å². The number of carbonyl (C=O) groups is 1. The Hall–Kier alpha value is -1.22. The zero-order chi connectivity index (χ0) is 11.5. The van der Waals surface area contributed by atoms with Crippen LogP contribution < -0.4 is 5.32 Å². The summed E-state index contributed by atoms with van der Waals surface area (Å²) in [7, 11) is 0. The molecule has 1 saturated heterocycles. The van der Waals surface area contributed by atoms with Crippen molar-refractivity contribution in [1.82, 2.24) is 5.32 Å². The lowest BCUT2D eigenvalue weighted by Crippen LogP contribution is -2.24. The van der Waals surface area contributed by atoms with Gasteiger partial charge in [-0.1, -0.05) is 0 Å². The highest BCUT2D eigenvalue weighted by atomic mass is 19.1. The quantitative estimate of drug-likeness (QED) is 0.794. The number of carbonyl (C=O) groups excluding carboxylic acids is 1. The normalized spacial score (nSPS) is 20.0. The highest BCUT2D eigenvalue weighted by Crippen LogP contribution is 2.15. The van der Waals surface area contributed by atoms with Gasteiger partial charge in [-0.15, -0.1) is 0 Å². The Morgan fingerprint density at radius 2 is 2.31 bits per heavy atom. The molecule has 1 atom stereocenters. The molecule has 1 aromatic rings. The van der Waals surface area contributed by atoms with Crippen LogP contribution in [0.25, 0.3) is 0 Å². The van der Waals surface area contributed by atoms with Gasteiger partial charge in [-0.2, -0.15) is 0 Å². The van der Waals surface area contributed by atoms with E-state index in [0.29, 0.717) is 12.0 Å². The van der Waals surface area contributed by atoms with E-state index < -0.39 is 0 Å². The Balaban J connectivity index is 2.07. The van der Waals surface area contributed by atoms with Crippen LogP contribution >= 0.6 is 0 Å². The van der Waals surface area contributed by atoms with Gasteiger partial charge in [0.05, 0.1) is 0 Å². The largest absolute Gasteiger partial charge is 0.314 e. The number of hydrogen-bond donors (Lipinski definition) is 1. The Morgan fingerprint density at radius 3 is 2.94 bits per heavy atom. The highest BCUT2D eigenvalue weighted by molar-refractivity contribution is 5.96. The fourth-order valence-corrected chi connectivity index (χ4v) is 2.17. The average molecular weight is 221 g/mol. The van der Waals surface area contributed by atoms with Gasteiger partial charge in [0.15, 0.2) is 5.78 Å². The topological polar surface area (TPSA) is 29.1 Å². The second-order valence-electron chi connectivity index (χ2n) is 4.44. The first-order chi connectivity index (χ1) is 7.65. The standard InChI is InChI=1S/C13H16FNO/c1-9-5-10(7-11(14)6-9)13(16)8-12-3-2-4-15-12/h5-7,12,15H,2-4,8H2,1H3. The van der Waals surface area contributed by atoms with Gasteiger partial charge >= 0.3 is 0 Å². The van der Waals surface area contributed by atoms with Crippen LogP contribution in [0.5, 0.6) is 0 Å². The number of ketones is 1. The predicted molar refractivity (Wildman–Crippen MR) is 61.1 cm³/mol. The molecule has 16 heavy (non-hydrogen) atoms. The molecule has 2 nitrogen and oxygen atoms in total. The summed E-state index contributed by atoms with van der Waals surface area (Å²) < 4.78 is 13.1. The molecule has 0 aliphatic carbocycles. The zero-order valence-electron chi connectivity index (χ0n) is 9.42. The second kappa shape index (κ2) is 4.74. The molecule has 86 valence electrons. The molecule has 1 aliphatic heterocycles. The lowest BCUT2D eigenvalue weighted by Gasteiger charge is -2.09. The van der Waals surface area contributed by atoms with Crippen LogP contribution in [0, 0.1) is 12.7 Å². The fraction of sp³-hybridized carbons (Fsp3) is 0.462. The van der Waals surface area contributed by atoms with E-state index in [2.05, 4.69) is 5.32 Å². The average Bonchev–Trinajstić information content (AvgIpc) is 2.68. The first kappa shape index (κ1) is 11.3. The fourth-order valence-electron chi connectivity index (χ4n) is 2.17. The third kappa shape index (κ3) is 2.67. The van der Waals surface area contributed by atoms with Crippen LogP contribution in [-0.2, 0) is 0 Å². The molecule has 1 aromatic carbocycles. The van der Waals surface area contributed by atoms with E-state index in [1.807, 2.05) is 0 Å². The monoisotopic (exact) mass is 221 g/mol. The zero-order valence-corrected chi connectivity index (χ0v) is 9.42. The van der Waals surface area contributed by atoms with Crippen molar-refractivity contribution in [2.75, 3.05) is 6.54 Å². The smallest absolute Gasteiger partial charge is 0.164 e. The molecule has 1 aliphatic rings. The van der Waals surface area contributed by atoms with E-state index in [0.717, 1.165) is 24.9 Å². The number of hydrogen-bond acceptors (Lipinski definition) is 2. The van der Waals surface area contributed by atoms with E-state index in [9.17, 15) is 9.18 Å². The third-order valence-electron chi connectivity index (χ3n) is 2.96.